The molecule has 3 N–H and O–H groups in total. The number of carbonyl (C=O) groups is 3. The van der Waals surface area contributed by atoms with E-state index in [4.69, 9.17) is 10.5 Å². The fraction of sp³-hybridized carbons (Fsp3) is 0.357. The van der Waals surface area contributed by atoms with E-state index in [1.165, 1.54) is 0 Å². The quantitative estimate of drug-likeness (QED) is 0.746. The zero-order chi connectivity index (χ0) is 14.5. The Balaban J connectivity index is 1.83. The Labute approximate surface area is 116 Å². The number of nitrogens with one attached hydrogen (secondary N) is 1. The summed E-state index contributed by atoms with van der Waals surface area (Å²) in [6, 6.07) is 6.35. The molecule has 0 heterocycles. The maximum absolute atomic E-state index is 11.6. The van der Waals surface area contributed by atoms with Gasteiger partial charge in [0.05, 0.1) is 6.54 Å². The standard InChI is InChI=1S/C14H16N2O4/c15-13(18)7-16-14(19)10-3-5-11(6-4-10)20-8-12(17)9-1-2-9/h3-6,9H,1-2,7-8H2,(H2,15,18)(H,16,19). The summed E-state index contributed by atoms with van der Waals surface area (Å²) in [4.78, 5) is 33.6. The number of ether oxygens (including phenoxy) is 1. The minimum absolute atomic E-state index is 0.0673. The van der Waals surface area contributed by atoms with Crippen LogP contribution in [-0.4, -0.2) is 30.7 Å². The SMILES string of the molecule is NC(=O)CNC(=O)c1ccc(OCC(=O)C2CC2)cc1. The highest BCUT2D eigenvalue weighted by atomic mass is 16.5. The molecule has 0 atom stereocenters. The second-order valence-electron chi connectivity index (χ2n) is 4.70. The number of hydrogen-bond donors (Lipinski definition) is 2. The Morgan fingerprint density at radius 3 is 2.40 bits per heavy atom. The Hall–Kier alpha value is -2.37. The third kappa shape index (κ3) is 4.08. The third-order valence-corrected chi connectivity index (χ3v) is 2.95. The van der Waals surface area contributed by atoms with Gasteiger partial charge in [0.1, 0.15) is 12.4 Å². The molecule has 106 valence electrons. The normalized spacial score (nSPS) is 13.6. The van der Waals surface area contributed by atoms with Crippen molar-refractivity contribution in [3.05, 3.63) is 29.8 Å². The topological polar surface area (TPSA) is 98.5 Å². The van der Waals surface area contributed by atoms with Crippen molar-refractivity contribution in [2.75, 3.05) is 13.2 Å². The van der Waals surface area contributed by atoms with Gasteiger partial charge in [-0.05, 0) is 37.1 Å². The number of Topliss-reactive ketones (excluding diaryl/α,β-unsaturated/α-hetero) is 1. The van der Waals surface area contributed by atoms with Gasteiger partial charge >= 0.3 is 0 Å². The van der Waals surface area contributed by atoms with E-state index in [0.29, 0.717) is 11.3 Å². The molecule has 1 saturated carbocycles. The summed E-state index contributed by atoms with van der Waals surface area (Å²) in [5.74, 6) is -0.158. The number of hydrogen-bond acceptors (Lipinski definition) is 4. The lowest BCUT2D eigenvalue weighted by atomic mass is 10.2. The number of rotatable bonds is 7. The Kier molecular flexibility index (Phi) is 4.34. The molecule has 0 unspecified atom stereocenters. The molecular formula is C14H16N2O4. The second kappa shape index (κ2) is 6.18. The van der Waals surface area contributed by atoms with E-state index in [9.17, 15) is 14.4 Å². The summed E-state index contributed by atoms with van der Waals surface area (Å²) in [7, 11) is 0. The lowest BCUT2D eigenvalue weighted by Crippen LogP contribution is -2.33. The molecule has 0 aromatic heterocycles. The molecule has 0 radical (unpaired) electrons. The molecule has 2 rings (SSSR count). The van der Waals surface area contributed by atoms with Crippen molar-refractivity contribution in [1.82, 2.24) is 5.32 Å². The minimum atomic E-state index is -0.600. The third-order valence-electron chi connectivity index (χ3n) is 2.95. The van der Waals surface area contributed by atoms with E-state index >= 15 is 0 Å². The molecule has 6 nitrogen and oxygen atoms in total. The summed E-state index contributed by atoms with van der Waals surface area (Å²) in [5.41, 5.74) is 5.33. The number of ketones is 1. The van der Waals surface area contributed by atoms with Crippen LogP contribution in [-0.2, 0) is 9.59 Å². The van der Waals surface area contributed by atoms with Crippen molar-refractivity contribution in [3.63, 3.8) is 0 Å². The molecule has 0 bridgehead atoms. The summed E-state index contributed by atoms with van der Waals surface area (Å²) >= 11 is 0. The van der Waals surface area contributed by atoms with Crippen LogP contribution in [0.2, 0.25) is 0 Å². The average molecular weight is 276 g/mol. The van der Waals surface area contributed by atoms with Crippen molar-refractivity contribution < 1.29 is 19.1 Å². The number of benzene rings is 1. The Bertz CT molecular complexity index is 520. The largest absolute Gasteiger partial charge is 0.486 e. The summed E-state index contributed by atoms with van der Waals surface area (Å²) in [5, 5.41) is 2.38. The molecule has 1 aliphatic carbocycles. The van der Waals surface area contributed by atoms with E-state index in [1.807, 2.05) is 0 Å². The molecule has 2 amide bonds. The maximum atomic E-state index is 11.6. The van der Waals surface area contributed by atoms with E-state index < -0.39 is 5.91 Å². The van der Waals surface area contributed by atoms with Crippen molar-refractivity contribution >= 4 is 17.6 Å². The van der Waals surface area contributed by atoms with Crippen LogP contribution >= 0.6 is 0 Å². The molecule has 0 aliphatic heterocycles. The first kappa shape index (κ1) is 14.0. The van der Waals surface area contributed by atoms with Crippen molar-refractivity contribution in [1.29, 1.82) is 0 Å². The zero-order valence-corrected chi connectivity index (χ0v) is 10.9. The van der Waals surface area contributed by atoms with E-state index in [0.717, 1.165) is 12.8 Å². The van der Waals surface area contributed by atoms with Crippen LogP contribution in [0.15, 0.2) is 24.3 Å². The molecule has 1 aromatic rings. The first-order valence-corrected chi connectivity index (χ1v) is 6.38. The van der Waals surface area contributed by atoms with Crippen LogP contribution in [0.4, 0.5) is 0 Å². The molecule has 20 heavy (non-hydrogen) atoms. The van der Waals surface area contributed by atoms with Crippen molar-refractivity contribution in [3.8, 4) is 5.75 Å². The monoisotopic (exact) mass is 276 g/mol. The highest BCUT2D eigenvalue weighted by Gasteiger charge is 2.29. The van der Waals surface area contributed by atoms with Crippen LogP contribution < -0.4 is 15.8 Å². The number of primary amides is 1. The zero-order valence-electron chi connectivity index (χ0n) is 10.9. The maximum Gasteiger partial charge on any atom is 0.251 e. The summed E-state index contributed by atoms with van der Waals surface area (Å²) in [6.45, 7) is -0.134. The van der Waals surface area contributed by atoms with Gasteiger partial charge in [0, 0.05) is 11.5 Å². The average Bonchev–Trinajstić information content (AvgIpc) is 3.27. The Morgan fingerprint density at radius 1 is 1.20 bits per heavy atom. The van der Waals surface area contributed by atoms with Gasteiger partial charge in [-0.2, -0.15) is 0 Å². The lowest BCUT2D eigenvalue weighted by molar-refractivity contribution is -0.122. The van der Waals surface area contributed by atoms with Crippen LogP contribution in [0.5, 0.6) is 5.75 Å². The van der Waals surface area contributed by atoms with Crippen molar-refractivity contribution in [2.45, 2.75) is 12.8 Å². The van der Waals surface area contributed by atoms with Gasteiger partial charge < -0.3 is 15.8 Å². The number of nitrogens with two attached hydrogens (primary N) is 1. The van der Waals surface area contributed by atoms with Gasteiger partial charge in [-0.1, -0.05) is 0 Å². The van der Waals surface area contributed by atoms with Crippen LogP contribution in [0, 0.1) is 5.92 Å². The van der Waals surface area contributed by atoms with Gasteiger partial charge in [0.25, 0.3) is 5.91 Å². The lowest BCUT2D eigenvalue weighted by Gasteiger charge is -2.06. The van der Waals surface area contributed by atoms with E-state index in [2.05, 4.69) is 5.32 Å². The van der Waals surface area contributed by atoms with Crippen LogP contribution in [0.3, 0.4) is 0 Å². The van der Waals surface area contributed by atoms with Gasteiger partial charge in [0.15, 0.2) is 5.78 Å². The van der Waals surface area contributed by atoms with Crippen LogP contribution in [0.1, 0.15) is 23.2 Å². The number of carbonyl (C=O) groups excluding carboxylic acids is 3. The van der Waals surface area contributed by atoms with Gasteiger partial charge in [-0.3, -0.25) is 14.4 Å². The first-order valence-electron chi connectivity index (χ1n) is 6.38. The second-order valence-corrected chi connectivity index (χ2v) is 4.70. The highest BCUT2D eigenvalue weighted by molar-refractivity contribution is 5.96. The predicted molar refractivity (Wildman–Crippen MR) is 71.2 cm³/mol. The fourth-order valence-corrected chi connectivity index (χ4v) is 1.65. The van der Waals surface area contributed by atoms with Gasteiger partial charge in [-0.15, -0.1) is 0 Å². The molecule has 0 saturated heterocycles. The summed E-state index contributed by atoms with van der Waals surface area (Å²) < 4.78 is 5.35. The highest BCUT2D eigenvalue weighted by Crippen LogP contribution is 2.29. The molecular weight excluding hydrogens is 260 g/mol. The van der Waals surface area contributed by atoms with Crippen LogP contribution in [0.25, 0.3) is 0 Å². The fourth-order valence-electron chi connectivity index (χ4n) is 1.65. The van der Waals surface area contributed by atoms with Gasteiger partial charge in [0.2, 0.25) is 5.91 Å². The molecule has 6 heteroatoms. The van der Waals surface area contributed by atoms with Crippen molar-refractivity contribution in [2.24, 2.45) is 11.7 Å². The smallest absolute Gasteiger partial charge is 0.251 e. The van der Waals surface area contributed by atoms with Gasteiger partial charge in [-0.25, -0.2) is 0 Å². The molecule has 0 spiro atoms. The van der Waals surface area contributed by atoms with E-state index in [1.54, 1.807) is 24.3 Å². The minimum Gasteiger partial charge on any atom is -0.486 e. The molecule has 1 aliphatic rings. The number of amides is 2. The molecule has 1 aromatic carbocycles. The Morgan fingerprint density at radius 2 is 1.85 bits per heavy atom. The predicted octanol–water partition coefficient (Wildman–Crippen LogP) is 0.260. The summed E-state index contributed by atoms with van der Waals surface area (Å²) in [6.07, 6.45) is 1.92. The van der Waals surface area contributed by atoms with E-state index in [-0.39, 0.29) is 30.8 Å². The molecule has 1 fully saturated rings. The first-order chi connectivity index (χ1) is 9.56.